The quantitative estimate of drug-likeness (QED) is 0.794. The van der Waals surface area contributed by atoms with E-state index < -0.39 is 0 Å². The highest BCUT2D eigenvalue weighted by Crippen LogP contribution is 2.26. The molecular weight excluding hydrogens is 202 g/mol. The fraction of sp³-hybridized carbons (Fsp3) is 0.727. The molecular formula is C11H19N5. The van der Waals surface area contributed by atoms with Gasteiger partial charge in [0.25, 0.3) is 0 Å². The predicted molar refractivity (Wildman–Crippen MR) is 63.3 cm³/mol. The summed E-state index contributed by atoms with van der Waals surface area (Å²) in [6, 6.07) is 0.351. The molecule has 1 aromatic heterocycles. The van der Waals surface area contributed by atoms with Crippen LogP contribution in [-0.2, 0) is 0 Å². The van der Waals surface area contributed by atoms with Crippen molar-refractivity contribution in [2.75, 3.05) is 18.0 Å². The Morgan fingerprint density at radius 2 is 2.06 bits per heavy atom. The van der Waals surface area contributed by atoms with E-state index in [1.807, 2.05) is 13.8 Å². The van der Waals surface area contributed by atoms with E-state index in [-0.39, 0.29) is 0 Å². The van der Waals surface area contributed by atoms with E-state index in [9.17, 15) is 0 Å². The van der Waals surface area contributed by atoms with Gasteiger partial charge < -0.3 is 10.6 Å². The third-order valence-electron chi connectivity index (χ3n) is 3.46. The summed E-state index contributed by atoms with van der Waals surface area (Å²) in [5, 5.41) is 8.29. The summed E-state index contributed by atoms with van der Waals surface area (Å²) in [6.07, 6.45) is 1.15. The van der Waals surface area contributed by atoms with Crippen LogP contribution in [0.25, 0.3) is 0 Å². The van der Waals surface area contributed by atoms with E-state index >= 15 is 0 Å². The highest BCUT2D eigenvalue weighted by Gasteiger charge is 2.31. The number of nitrogens with zero attached hydrogens (tertiary/aromatic N) is 4. The minimum Gasteiger partial charge on any atom is -0.335 e. The number of aryl methyl sites for hydroxylation is 2. The first-order valence-corrected chi connectivity index (χ1v) is 5.78. The number of hydrogen-bond acceptors (Lipinski definition) is 5. The topological polar surface area (TPSA) is 67.9 Å². The number of rotatable bonds is 2. The summed E-state index contributed by atoms with van der Waals surface area (Å²) < 4.78 is 0. The Hall–Kier alpha value is -1.23. The van der Waals surface area contributed by atoms with Crippen molar-refractivity contribution < 1.29 is 0 Å². The summed E-state index contributed by atoms with van der Waals surface area (Å²) in [5.41, 5.74) is 7.64. The zero-order chi connectivity index (χ0) is 11.7. The van der Waals surface area contributed by atoms with Crippen LogP contribution in [-0.4, -0.2) is 34.3 Å². The number of nitrogens with two attached hydrogens (primary N) is 1. The maximum absolute atomic E-state index is 5.80. The third kappa shape index (κ3) is 1.87. The van der Waals surface area contributed by atoms with Gasteiger partial charge in [-0.1, -0.05) is 6.92 Å². The van der Waals surface area contributed by atoms with Gasteiger partial charge in [-0.3, -0.25) is 0 Å². The molecule has 0 aromatic carbocycles. The molecule has 1 aliphatic rings. The molecule has 5 heteroatoms. The molecule has 2 rings (SSSR count). The Bertz CT molecular complexity index is 379. The van der Waals surface area contributed by atoms with Gasteiger partial charge in [0.05, 0.1) is 11.4 Å². The van der Waals surface area contributed by atoms with E-state index in [4.69, 9.17) is 5.73 Å². The van der Waals surface area contributed by atoms with Crippen molar-refractivity contribution in [3.8, 4) is 0 Å². The molecule has 0 bridgehead atoms. The fourth-order valence-electron chi connectivity index (χ4n) is 2.18. The van der Waals surface area contributed by atoms with Gasteiger partial charge in [0.2, 0.25) is 5.95 Å². The van der Waals surface area contributed by atoms with Crippen LogP contribution in [0, 0.1) is 19.8 Å². The van der Waals surface area contributed by atoms with Gasteiger partial charge in [0, 0.05) is 19.1 Å². The molecule has 1 aliphatic heterocycles. The SMILES string of the molecule is Cc1nnc(N2CCC(C)C2CN)nc1C. The van der Waals surface area contributed by atoms with E-state index in [2.05, 4.69) is 27.0 Å². The van der Waals surface area contributed by atoms with Gasteiger partial charge in [0.1, 0.15) is 0 Å². The van der Waals surface area contributed by atoms with Gasteiger partial charge in [0.15, 0.2) is 0 Å². The normalized spacial score (nSPS) is 25.1. The Balaban J connectivity index is 2.27. The van der Waals surface area contributed by atoms with E-state index in [0.29, 0.717) is 18.5 Å². The van der Waals surface area contributed by atoms with Crippen molar-refractivity contribution in [2.24, 2.45) is 11.7 Å². The lowest BCUT2D eigenvalue weighted by Gasteiger charge is -2.25. The lowest BCUT2D eigenvalue weighted by atomic mass is 10.0. The monoisotopic (exact) mass is 221 g/mol. The van der Waals surface area contributed by atoms with E-state index in [1.54, 1.807) is 0 Å². The van der Waals surface area contributed by atoms with Crippen LogP contribution in [0.1, 0.15) is 24.7 Å². The molecule has 5 nitrogen and oxygen atoms in total. The van der Waals surface area contributed by atoms with Crippen LogP contribution in [0.4, 0.5) is 5.95 Å². The minimum atomic E-state index is 0.351. The molecule has 2 unspecified atom stereocenters. The van der Waals surface area contributed by atoms with Gasteiger partial charge in [-0.25, -0.2) is 4.98 Å². The standard InChI is InChI=1S/C11H19N5/c1-7-4-5-16(10(7)6-12)11-13-8(2)9(3)14-15-11/h7,10H,4-6,12H2,1-3H3. The van der Waals surface area contributed by atoms with Crippen molar-refractivity contribution >= 4 is 5.95 Å². The number of hydrogen-bond donors (Lipinski definition) is 1. The molecule has 0 amide bonds. The van der Waals surface area contributed by atoms with Crippen LogP contribution in [0.5, 0.6) is 0 Å². The predicted octanol–water partition coefficient (Wildman–Crippen LogP) is 0.662. The second-order valence-corrected chi connectivity index (χ2v) is 4.55. The number of anilines is 1. The summed E-state index contributed by atoms with van der Waals surface area (Å²) in [4.78, 5) is 6.67. The van der Waals surface area contributed by atoms with Crippen LogP contribution in [0.15, 0.2) is 0 Å². The summed E-state index contributed by atoms with van der Waals surface area (Å²) in [7, 11) is 0. The van der Waals surface area contributed by atoms with Crippen LogP contribution < -0.4 is 10.6 Å². The van der Waals surface area contributed by atoms with Gasteiger partial charge in [-0.15, -0.1) is 5.10 Å². The summed E-state index contributed by atoms with van der Waals surface area (Å²) >= 11 is 0. The molecule has 0 radical (unpaired) electrons. The first-order valence-electron chi connectivity index (χ1n) is 5.78. The maximum Gasteiger partial charge on any atom is 0.245 e. The second kappa shape index (κ2) is 4.33. The lowest BCUT2D eigenvalue weighted by Crippen LogP contribution is -2.39. The van der Waals surface area contributed by atoms with Crippen molar-refractivity contribution in [1.29, 1.82) is 0 Å². The lowest BCUT2D eigenvalue weighted by molar-refractivity contribution is 0.514. The van der Waals surface area contributed by atoms with Gasteiger partial charge >= 0.3 is 0 Å². The zero-order valence-electron chi connectivity index (χ0n) is 10.1. The van der Waals surface area contributed by atoms with Crippen LogP contribution in [0.2, 0.25) is 0 Å². The molecule has 16 heavy (non-hydrogen) atoms. The molecule has 2 atom stereocenters. The third-order valence-corrected chi connectivity index (χ3v) is 3.46. The van der Waals surface area contributed by atoms with Crippen molar-refractivity contribution in [1.82, 2.24) is 15.2 Å². The van der Waals surface area contributed by atoms with Gasteiger partial charge in [-0.05, 0) is 26.2 Å². The van der Waals surface area contributed by atoms with Crippen molar-refractivity contribution in [2.45, 2.75) is 33.2 Å². The molecule has 0 aliphatic carbocycles. The highest BCUT2D eigenvalue weighted by atomic mass is 15.3. The first-order chi connectivity index (χ1) is 7.63. The Kier molecular flexibility index (Phi) is 3.05. The van der Waals surface area contributed by atoms with Crippen molar-refractivity contribution in [3.05, 3.63) is 11.4 Å². The number of aromatic nitrogens is 3. The van der Waals surface area contributed by atoms with Gasteiger partial charge in [-0.2, -0.15) is 5.10 Å². The maximum atomic E-state index is 5.80. The minimum absolute atomic E-state index is 0.351. The van der Waals surface area contributed by atoms with Crippen LogP contribution >= 0.6 is 0 Å². The molecule has 0 saturated carbocycles. The molecule has 88 valence electrons. The molecule has 1 fully saturated rings. The molecule has 1 aromatic rings. The molecule has 1 saturated heterocycles. The molecule has 2 heterocycles. The largest absolute Gasteiger partial charge is 0.335 e. The average molecular weight is 221 g/mol. The average Bonchev–Trinajstić information content (AvgIpc) is 2.63. The highest BCUT2D eigenvalue weighted by molar-refractivity contribution is 5.34. The Morgan fingerprint density at radius 3 is 2.69 bits per heavy atom. The van der Waals surface area contributed by atoms with Crippen molar-refractivity contribution in [3.63, 3.8) is 0 Å². The van der Waals surface area contributed by atoms with Crippen LogP contribution in [0.3, 0.4) is 0 Å². The molecule has 2 N–H and O–H groups in total. The second-order valence-electron chi connectivity index (χ2n) is 4.55. The first kappa shape index (κ1) is 11.3. The Morgan fingerprint density at radius 1 is 1.31 bits per heavy atom. The Labute approximate surface area is 96.1 Å². The summed E-state index contributed by atoms with van der Waals surface area (Å²) in [5.74, 6) is 1.33. The fourth-order valence-corrected chi connectivity index (χ4v) is 2.18. The molecule has 0 spiro atoms. The summed E-state index contributed by atoms with van der Waals surface area (Å²) in [6.45, 7) is 7.74. The zero-order valence-corrected chi connectivity index (χ0v) is 10.1. The van der Waals surface area contributed by atoms with E-state index in [1.165, 1.54) is 0 Å². The smallest absolute Gasteiger partial charge is 0.245 e. The van der Waals surface area contributed by atoms with E-state index in [0.717, 1.165) is 30.3 Å².